The van der Waals surface area contributed by atoms with Crippen molar-refractivity contribution >= 4 is 23.4 Å². The Balaban J connectivity index is 2.40. The molecule has 100 valence electrons. The number of hydrogen-bond acceptors (Lipinski definition) is 3. The van der Waals surface area contributed by atoms with Crippen LogP contribution in [0.3, 0.4) is 0 Å². The number of anilines is 1. The van der Waals surface area contributed by atoms with Gasteiger partial charge in [-0.1, -0.05) is 11.8 Å². The standard InChI is InChI=1S/C12H16F2N2OS/c13-12(14)18-10-6-4-9(5-7-10)16-11(17)3-1-2-8-15/h4-7,12H,1-3,8,15H2,(H,16,17). The molecule has 0 fully saturated rings. The van der Waals surface area contributed by atoms with Crippen LogP contribution in [0.1, 0.15) is 19.3 Å². The first kappa shape index (κ1) is 14.9. The molecule has 0 aliphatic carbocycles. The molecule has 6 heteroatoms. The number of thioether (sulfide) groups is 1. The van der Waals surface area contributed by atoms with Gasteiger partial charge in [0.1, 0.15) is 0 Å². The van der Waals surface area contributed by atoms with E-state index in [9.17, 15) is 13.6 Å². The fourth-order valence-electron chi connectivity index (χ4n) is 1.37. The maximum Gasteiger partial charge on any atom is 0.288 e. The highest BCUT2D eigenvalue weighted by molar-refractivity contribution is 7.99. The van der Waals surface area contributed by atoms with Gasteiger partial charge in [-0.25, -0.2) is 0 Å². The molecule has 0 atom stereocenters. The molecule has 1 rings (SSSR count). The van der Waals surface area contributed by atoms with E-state index in [1.807, 2.05) is 0 Å². The van der Waals surface area contributed by atoms with Crippen molar-refractivity contribution < 1.29 is 13.6 Å². The number of nitrogens with two attached hydrogens (primary N) is 1. The van der Waals surface area contributed by atoms with Crippen LogP contribution >= 0.6 is 11.8 Å². The molecule has 0 bridgehead atoms. The Hall–Kier alpha value is -1.14. The van der Waals surface area contributed by atoms with Crippen LogP contribution in [0, 0.1) is 0 Å². The summed E-state index contributed by atoms with van der Waals surface area (Å²) in [5.41, 5.74) is 5.95. The number of carbonyl (C=O) groups excluding carboxylic acids is 1. The molecular weight excluding hydrogens is 258 g/mol. The molecule has 0 unspecified atom stereocenters. The Kier molecular flexibility index (Phi) is 6.67. The number of carbonyl (C=O) groups is 1. The van der Waals surface area contributed by atoms with Gasteiger partial charge in [-0.05, 0) is 43.7 Å². The van der Waals surface area contributed by atoms with Crippen LogP contribution in [0.5, 0.6) is 0 Å². The van der Waals surface area contributed by atoms with Crippen molar-refractivity contribution in [2.45, 2.75) is 29.9 Å². The highest BCUT2D eigenvalue weighted by Gasteiger charge is 2.06. The number of alkyl halides is 2. The van der Waals surface area contributed by atoms with Crippen molar-refractivity contribution in [3.05, 3.63) is 24.3 Å². The average Bonchev–Trinajstić information content (AvgIpc) is 2.31. The van der Waals surface area contributed by atoms with E-state index in [2.05, 4.69) is 5.32 Å². The maximum atomic E-state index is 12.1. The Morgan fingerprint density at radius 1 is 1.28 bits per heavy atom. The second kappa shape index (κ2) is 8.05. The molecule has 1 aromatic carbocycles. The molecule has 3 N–H and O–H groups in total. The van der Waals surface area contributed by atoms with Gasteiger partial charge < -0.3 is 11.1 Å². The van der Waals surface area contributed by atoms with Gasteiger partial charge in [0.05, 0.1) is 0 Å². The third kappa shape index (κ3) is 5.97. The lowest BCUT2D eigenvalue weighted by Gasteiger charge is -2.06. The summed E-state index contributed by atoms with van der Waals surface area (Å²) < 4.78 is 24.2. The van der Waals surface area contributed by atoms with Crippen LogP contribution in [0.4, 0.5) is 14.5 Å². The normalized spacial score (nSPS) is 10.7. The summed E-state index contributed by atoms with van der Waals surface area (Å²) in [5.74, 6) is -2.51. The summed E-state index contributed by atoms with van der Waals surface area (Å²) in [6, 6.07) is 6.36. The molecule has 0 aliphatic heterocycles. The summed E-state index contributed by atoms with van der Waals surface area (Å²) in [4.78, 5) is 12.0. The van der Waals surface area contributed by atoms with E-state index in [-0.39, 0.29) is 5.91 Å². The molecule has 1 aromatic rings. The Bertz CT molecular complexity index is 371. The molecule has 0 saturated heterocycles. The molecule has 0 aromatic heterocycles. The first-order valence-electron chi connectivity index (χ1n) is 5.66. The maximum absolute atomic E-state index is 12.1. The number of rotatable bonds is 7. The van der Waals surface area contributed by atoms with Crippen molar-refractivity contribution in [1.82, 2.24) is 0 Å². The monoisotopic (exact) mass is 274 g/mol. The van der Waals surface area contributed by atoms with Crippen LogP contribution < -0.4 is 11.1 Å². The van der Waals surface area contributed by atoms with Gasteiger partial charge >= 0.3 is 0 Å². The van der Waals surface area contributed by atoms with Gasteiger partial charge in [0, 0.05) is 17.0 Å². The quantitative estimate of drug-likeness (QED) is 0.593. The van der Waals surface area contributed by atoms with Gasteiger partial charge in [0.25, 0.3) is 5.76 Å². The van der Waals surface area contributed by atoms with E-state index < -0.39 is 5.76 Å². The summed E-state index contributed by atoms with van der Waals surface area (Å²) in [6.45, 7) is 0.576. The predicted octanol–water partition coefficient (Wildman–Crippen LogP) is 3.07. The first-order chi connectivity index (χ1) is 8.61. The minimum absolute atomic E-state index is 0.0855. The van der Waals surface area contributed by atoms with E-state index >= 15 is 0 Å². The van der Waals surface area contributed by atoms with E-state index in [1.54, 1.807) is 24.3 Å². The van der Waals surface area contributed by atoms with E-state index in [0.29, 0.717) is 35.3 Å². The van der Waals surface area contributed by atoms with Crippen LogP contribution in [-0.2, 0) is 4.79 Å². The molecule has 0 saturated carbocycles. The average molecular weight is 274 g/mol. The van der Waals surface area contributed by atoms with Crippen LogP contribution in [0.15, 0.2) is 29.2 Å². The van der Waals surface area contributed by atoms with Crippen LogP contribution in [-0.4, -0.2) is 18.2 Å². The number of amides is 1. The minimum Gasteiger partial charge on any atom is -0.330 e. The lowest BCUT2D eigenvalue weighted by Crippen LogP contribution is -2.11. The topological polar surface area (TPSA) is 55.1 Å². The van der Waals surface area contributed by atoms with Crippen LogP contribution in [0.2, 0.25) is 0 Å². The number of unbranched alkanes of at least 4 members (excludes halogenated alkanes) is 1. The highest BCUT2D eigenvalue weighted by atomic mass is 32.2. The van der Waals surface area contributed by atoms with Crippen LogP contribution in [0.25, 0.3) is 0 Å². The lowest BCUT2D eigenvalue weighted by molar-refractivity contribution is -0.116. The minimum atomic E-state index is -2.43. The molecule has 0 radical (unpaired) electrons. The smallest absolute Gasteiger partial charge is 0.288 e. The molecule has 0 spiro atoms. The molecule has 0 aliphatic rings. The summed E-state index contributed by atoms with van der Waals surface area (Å²) >= 11 is 0.483. The predicted molar refractivity (Wildman–Crippen MR) is 69.8 cm³/mol. The number of nitrogens with one attached hydrogen (secondary N) is 1. The summed E-state index contributed by atoms with van der Waals surface area (Å²) in [6.07, 6.45) is 1.99. The largest absolute Gasteiger partial charge is 0.330 e. The Morgan fingerprint density at radius 3 is 2.50 bits per heavy atom. The number of benzene rings is 1. The molecular formula is C12H16F2N2OS. The summed E-state index contributed by atoms with van der Waals surface area (Å²) in [7, 11) is 0. The van der Waals surface area contributed by atoms with E-state index in [1.165, 1.54) is 0 Å². The second-order valence-electron chi connectivity index (χ2n) is 3.70. The third-order valence-corrected chi connectivity index (χ3v) is 2.94. The highest BCUT2D eigenvalue weighted by Crippen LogP contribution is 2.26. The molecule has 18 heavy (non-hydrogen) atoms. The molecule has 3 nitrogen and oxygen atoms in total. The number of halogens is 2. The Morgan fingerprint density at radius 2 is 1.94 bits per heavy atom. The Labute approximate surface area is 109 Å². The fourth-order valence-corrected chi connectivity index (χ4v) is 1.87. The fraction of sp³-hybridized carbons (Fsp3) is 0.417. The molecule has 0 heterocycles. The third-order valence-electron chi connectivity index (χ3n) is 2.22. The van der Waals surface area contributed by atoms with Gasteiger partial charge in [0.15, 0.2) is 0 Å². The second-order valence-corrected chi connectivity index (χ2v) is 4.76. The van der Waals surface area contributed by atoms with Crippen molar-refractivity contribution in [2.24, 2.45) is 5.73 Å². The van der Waals surface area contributed by atoms with Crippen molar-refractivity contribution in [1.29, 1.82) is 0 Å². The van der Waals surface area contributed by atoms with Gasteiger partial charge in [-0.2, -0.15) is 8.78 Å². The number of hydrogen-bond donors (Lipinski definition) is 2. The first-order valence-corrected chi connectivity index (χ1v) is 6.54. The summed E-state index contributed by atoms with van der Waals surface area (Å²) in [5, 5.41) is 2.70. The van der Waals surface area contributed by atoms with E-state index in [0.717, 1.165) is 12.8 Å². The van der Waals surface area contributed by atoms with Crippen molar-refractivity contribution in [2.75, 3.05) is 11.9 Å². The SMILES string of the molecule is NCCCCC(=O)Nc1ccc(SC(F)F)cc1. The lowest BCUT2D eigenvalue weighted by atomic mass is 10.2. The van der Waals surface area contributed by atoms with Gasteiger partial charge in [0.2, 0.25) is 5.91 Å². The zero-order chi connectivity index (χ0) is 13.4. The van der Waals surface area contributed by atoms with Gasteiger partial charge in [-0.3, -0.25) is 4.79 Å². The zero-order valence-corrected chi connectivity index (χ0v) is 10.7. The molecule has 1 amide bonds. The van der Waals surface area contributed by atoms with Gasteiger partial charge in [-0.15, -0.1) is 0 Å². The zero-order valence-electron chi connectivity index (χ0n) is 9.86. The van der Waals surface area contributed by atoms with E-state index in [4.69, 9.17) is 5.73 Å². The van der Waals surface area contributed by atoms with Crippen molar-refractivity contribution in [3.63, 3.8) is 0 Å². The van der Waals surface area contributed by atoms with Crippen molar-refractivity contribution in [3.8, 4) is 0 Å².